The molecule has 9 heteroatoms. The van der Waals surface area contributed by atoms with Gasteiger partial charge < -0.3 is 10.2 Å². The largest absolute Gasteiger partial charge is 0.479 e. The minimum atomic E-state index is -3.76. The number of carbonyl (C=O) groups is 1. The molecule has 0 aromatic carbocycles. The third-order valence-corrected chi connectivity index (χ3v) is 4.89. The Morgan fingerprint density at radius 3 is 2.72 bits per heavy atom. The highest BCUT2D eigenvalue weighted by Gasteiger charge is 2.18. The van der Waals surface area contributed by atoms with Gasteiger partial charge in [-0.15, -0.1) is 11.3 Å². The Morgan fingerprint density at radius 1 is 1.56 bits per heavy atom. The Hall–Kier alpha value is -1.47. The first-order chi connectivity index (χ1) is 8.36. The van der Waals surface area contributed by atoms with Gasteiger partial charge in [0.05, 0.1) is 0 Å². The van der Waals surface area contributed by atoms with Gasteiger partial charge in [-0.1, -0.05) is 0 Å². The fraction of sp³-hybridized carbons (Fsp3) is 0.333. The Bertz CT molecular complexity index is 572. The predicted octanol–water partition coefficient (Wildman–Crippen LogP) is -0.266. The summed E-state index contributed by atoms with van der Waals surface area (Å²) in [6.45, 7) is -0.199. The summed E-state index contributed by atoms with van der Waals surface area (Å²) in [6.07, 6.45) is -1.84. The van der Waals surface area contributed by atoms with Gasteiger partial charge >= 0.3 is 5.97 Å². The molecular weight excluding hydrogens is 280 g/mol. The highest BCUT2D eigenvalue weighted by Crippen LogP contribution is 2.20. The first-order valence-electron chi connectivity index (χ1n) is 4.77. The van der Waals surface area contributed by atoms with Crippen LogP contribution in [-0.2, 0) is 14.8 Å². The highest BCUT2D eigenvalue weighted by atomic mass is 32.2. The molecule has 0 amide bonds. The smallest absolute Gasteiger partial charge is 0.332 e. The van der Waals surface area contributed by atoms with Crippen molar-refractivity contribution in [3.63, 3.8) is 0 Å². The summed E-state index contributed by atoms with van der Waals surface area (Å²) in [4.78, 5) is 10.6. The molecule has 0 aliphatic carbocycles. The molecule has 0 bridgehead atoms. The highest BCUT2D eigenvalue weighted by molar-refractivity contribution is 7.91. The first kappa shape index (κ1) is 14.6. The van der Waals surface area contributed by atoms with Crippen molar-refractivity contribution in [2.24, 2.45) is 0 Å². The number of rotatable bonds is 6. The summed E-state index contributed by atoms with van der Waals surface area (Å²) in [5.74, 6) is -1.41. The normalized spacial score (nSPS) is 12.9. The van der Waals surface area contributed by atoms with Crippen LogP contribution in [0.1, 0.15) is 11.3 Å². The van der Waals surface area contributed by atoms with Crippen molar-refractivity contribution < 1.29 is 23.4 Å². The molecule has 1 heterocycles. The molecular formula is C9H10N2O5S2. The van der Waals surface area contributed by atoms with Crippen molar-refractivity contribution >= 4 is 27.3 Å². The molecule has 0 aliphatic heterocycles. The van der Waals surface area contributed by atoms with E-state index in [9.17, 15) is 13.2 Å². The lowest BCUT2D eigenvalue weighted by Crippen LogP contribution is -2.29. The third kappa shape index (κ3) is 3.78. The van der Waals surface area contributed by atoms with Crippen molar-refractivity contribution in [2.75, 3.05) is 6.54 Å². The van der Waals surface area contributed by atoms with Gasteiger partial charge in [-0.3, -0.25) is 0 Å². The van der Waals surface area contributed by atoms with Crippen molar-refractivity contribution in [2.45, 2.75) is 16.7 Å². The molecule has 98 valence electrons. The summed E-state index contributed by atoms with van der Waals surface area (Å²) in [7, 11) is -3.76. The van der Waals surface area contributed by atoms with E-state index in [2.05, 4.69) is 4.72 Å². The molecule has 0 saturated carbocycles. The van der Waals surface area contributed by atoms with E-state index in [1.807, 2.05) is 6.07 Å². The Balaban J connectivity index is 2.61. The summed E-state index contributed by atoms with van der Waals surface area (Å²) in [6, 6.07) is 4.49. The lowest BCUT2D eigenvalue weighted by Gasteiger charge is -2.06. The van der Waals surface area contributed by atoms with Crippen molar-refractivity contribution in [3.05, 3.63) is 17.0 Å². The minimum Gasteiger partial charge on any atom is -0.479 e. The zero-order valence-electron chi connectivity index (χ0n) is 9.03. The van der Waals surface area contributed by atoms with E-state index in [4.69, 9.17) is 15.5 Å². The maximum Gasteiger partial charge on any atom is 0.332 e. The summed E-state index contributed by atoms with van der Waals surface area (Å²) in [5.41, 5.74) is 0. The lowest BCUT2D eigenvalue weighted by atomic mass is 10.3. The second-order valence-corrected chi connectivity index (χ2v) is 6.35. The molecule has 1 unspecified atom stereocenters. The number of hydrogen-bond acceptors (Lipinski definition) is 6. The number of aliphatic hydroxyl groups excluding tert-OH is 1. The van der Waals surface area contributed by atoms with E-state index in [1.54, 1.807) is 0 Å². The molecule has 0 radical (unpaired) electrons. The first-order valence-corrected chi connectivity index (χ1v) is 7.07. The van der Waals surface area contributed by atoms with Gasteiger partial charge in [-0.2, -0.15) is 5.26 Å². The predicted molar refractivity (Wildman–Crippen MR) is 62.5 cm³/mol. The monoisotopic (exact) mass is 290 g/mol. The summed E-state index contributed by atoms with van der Waals surface area (Å²) < 4.78 is 25.5. The van der Waals surface area contributed by atoms with Crippen molar-refractivity contribution in [1.29, 1.82) is 5.26 Å². The maximum absolute atomic E-state index is 11.7. The number of carboxylic acids is 1. The molecule has 1 aromatic heterocycles. The van der Waals surface area contributed by atoms with Crippen LogP contribution in [0.3, 0.4) is 0 Å². The Labute approximate surface area is 107 Å². The number of nitrogens with one attached hydrogen (secondary N) is 1. The van der Waals surface area contributed by atoms with Gasteiger partial charge in [0.25, 0.3) is 0 Å². The number of sulfonamides is 1. The Kier molecular flexibility index (Phi) is 4.80. The van der Waals surface area contributed by atoms with Crippen LogP contribution in [0.15, 0.2) is 16.3 Å². The topological polar surface area (TPSA) is 127 Å². The van der Waals surface area contributed by atoms with E-state index < -0.39 is 22.1 Å². The van der Waals surface area contributed by atoms with E-state index >= 15 is 0 Å². The molecule has 18 heavy (non-hydrogen) atoms. The minimum absolute atomic E-state index is 0.0242. The average molecular weight is 290 g/mol. The van der Waals surface area contributed by atoms with Gasteiger partial charge in [-0.05, 0) is 18.6 Å². The average Bonchev–Trinajstić information content (AvgIpc) is 2.77. The van der Waals surface area contributed by atoms with Gasteiger partial charge in [0.2, 0.25) is 10.0 Å². The van der Waals surface area contributed by atoms with Crippen molar-refractivity contribution in [1.82, 2.24) is 4.72 Å². The van der Waals surface area contributed by atoms with Crippen LogP contribution in [0, 0.1) is 11.3 Å². The molecule has 0 fully saturated rings. The third-order valence-electron chi connectivity index (χ3n) is 1.95. The molecule has 0 aliphatic rings. The standard InChI is InChI=1S/C9H10N2O5S2/c10-5-6-1-2-8(17-6)18(15,16)11-4-3-7(12)9(13)14/h1-2,7,11-12H,3-4H2,(H,13,14). The van der Waals surface area contributed by atoms with Gasteiger partial charge in [0.1, 0.15) is 15.2 Å². The number of thiophene rings is 1. The van der Waals surface area contributed by atoms with Crippen molar-refractivity contribution in [3.8, 4) is 6.07 Å². The quantitative estimate of drug-likeness (QED) is 0.662. The molecule has 0 saturated heterocycles. The number of carboxylic acid groups (broad SMARTS) is 1. The summed E-state index contributed by atoms with van der Waals surface area (Å²) >= 11 is 0.815. The maximum atomic E-state index is 11.7. The molecule has 7 nitrogen and oxygen atoms in total. The second kappa shape index (κ2) is 5.92. The van der Waals surface area contributed by atoms with Crippen LogP contribution >= 0.6 is 11.3 Å². The zero-order chi connectivity index (χ0) is 13.8. The van der Waals surface area contributed by atoms with Crippen LogP contribution in [-0.4, -0.2) is 37.2 Å². The lowest BCUT2D eigenvalue weighted by molar-refractivity contribution is -0.146. The van der Waals surface area contributed by atoms with Crippen LogP contribution in [0.5, 0.6) is 0 Å². The van der Waals surface area contributed by atoms with Gasteiger partial charge in [0.15, 0.2) is 6.10 Å². The van der Waals surface area contributed by atoms with Gasteiger partial charge in [-0.25, -0.2) is 17.9 Å². The van der Waals surface area contributed by atoms with E-state index in [1.165, 1.54) is 12.1 Å². The molecule has 3 N–H and O–H groups in total. The van der Waals surface area contributed by atoms with E-state index in [-0.39, 0.29) is 22.1 Å². The fourth-order valence-corrected chi connectivity index (χ4v) is 3.24. The SMILES string of the molecule is N#Cc1ccc(S(=O)(=O)NCCC(O)C(=O)O)s1. The summed E-state index contributed by atoms with van der Waals surface area (Å²) in [5, 5.41) is 25.9. The number of nitrogens with zero attached hydrogens (tertiary/aromatic N) is 1. The van der Waals surface area contributed by atoms with Crippen LogP contribution in [0.2, 0.25) is 0 Å². The number of nitriles is 1. The number of aliphatic carboxylic acids is 1. The van der Waals surface area contributed by atoms with Gasteiger partial charge in [0, 0.05) is 6.54 Å². The fourth-order valence-electron chi connectivity index (χ4n) is 1.05. The zero-order valence-corrected chi connectivity index (χ0v) is 10.7. The van der Waals surface area contributed by atoms with E-state index in [0.717, 1.165) is 11.3 Å². The Morgan fingerprint density at radius 2 is 2.22 bits per heavy atom. The molecule has 0 spiro atoms. The van der Waals surface area contributed by atoms with Crippen LogP contribution in [0.25, 0.3) is 0 Å². The molecule has 1 atom stereocenters. The number of aliphatic hydroxyl groups is 1. The second-order valence-electron chi connectivity index (χ2n) is 3.27. The molecule has 1 rings (SSSR count). The van der Waals surface area contributed by atoms with E-state index in [0.29, 0.717) is 0 Å². The van der Waals surface area contributed by atoms with Crippen LogP contribution in [0.4, 0.5) is 0 Å². The van der Waals surface area contributed by atoms with Crippen LogP contribution < -0.4 is 4.72 Å². The number of hydrogen-bond donors (Lipinski definition) is 3. The molecule has 1 aromatic rings.